The first-order valence-electron chi connectivity index (χ1n) is 9.71. The molecule has 4 aromatic rings. The normalized spacial score (nSPS) is 15.7. The maximum absolute atomic E-state index is 13.0. The number of carbonyl (C=O) groups is 1. The van der Waals surface area contributed by atoms with Gasteiger partial charge < -0.3 is 14.7 Å². The Morgan fingerprint density at radius 3 is 2.58 bits per heavy atom. The first-order chi connectivity index (χ1) is 15.2. The number of rotatable bonds is 4. The highest BCUT2D eigenvalue weighted by atomic mass is 16.4. The van der Waals surface area contributed by atoms with E-state index in [2.05, 4.69) is 20.5 Å². The van der Waals surface area contributed by atoms with Crippen molar-refractivity contribution in [2.24, 2.45) is 4.99 Å². The molecule has 8 heteroatoms. The summed E-state index contributed by atoms with van der Waals surface area (Å²) in [7, 11) is 0. The molecule has 0 fully saturated rings. The van der Waals surface area contributed by atoms with Crippen LogP contribution in [0.4, 0.5) is 6.01 Å². The van der Waals surface area contributed by atoms with Crippen molar-refractivity contribution >= 4 is 17.5 Å². The number of Topliss-reactive ketones (excluding diaryl/α,β-unsaturated/α-hetero) is 1. The number of benzene rings is 2. The molecule has 1 aliphatic heterocycles. The van der Waals surface area contributed by atoms with Gasteiger partial charge in [-0.2, -0.15) is 0 Å². The number of aromatic amines is 1. The molecule has 0 aliphatic carbocycles. The van der Waals surface area contributed by atoms with Gasteiger partial charge >= 0.3 is 6.01 Å². The van der Waals surface area contributed by atoms with Crippen molar-refractivity contribution in [2.75, 3.05) is 5.32 Å². The number of nitrogens with zero attached hydrogens (tertiary/aromatic N) is 3. The van der Waals surface area contributed by atoms with Crippen LogP contribution in [0.3, 0.4) is 0 Å². The number of hydrogen-bond acceptors (Lipinski definition) is 7. The molecule has 2 aromatic heterocycles. The van der Waals surface area contributed by atoms with Gasteiger partial charge in [0.2, 0.25) is 11.4 Å². The standard InChI is InChI=1S/C23H17N5O3/c29-18-12-15-8-4-5-9-17(15)20(14-6-2-1-3-7-14)25-21(18)26-23-28-27-22(31-23)16-10-11-24-19(30)13-16/h1-11,13,21H,12H2,(H,24,30)(H,26,28)/t21-/m1/s1. The summed E-state index contributed by atoms with van der Waals surface area (Å²) in [5.41, 5.74) is 3.66. The number of nitrogens with one attached hydrogen (secondary N) is 2. The molecule has 0 radical (unpaired) electrons. The minimum absolute atomic E-state index is 0.0516. The predicted octanol–water partition coefficient (Wildman–Crippen LogP) is 2.83. The van der Waals surface area contributed by atoms with Crippen molar-refractivity contribution in [1.82, 2.24) is 15.2 Å². The smallest absolute Gasteiger partial charge is 0.317 e. The molecule has 31 heavy (non-hydrogen) atoms. The van der Waals surface area contributed by atoms with Gasteiger partial charge in [-0.25, -0.2) is 0 Å². The van der Waals surface area contributed by atoms with Gasteiger partial charge in [0, 0.05) is 35.4 Å². The van der Waals surface area contributed by atoms with Crippen LogP contribution in [0, 0.1) is 0 Å². The number of aromatic nitrogens is 3. The Morgan fingerprint density at radius 1 is 0.935 bits per heavy atom. The quantitative estimate of drug-likeness (QED) is 0.534. The van der Waals surface area contributed by atoms with Gasteiger partial charge in [0.05, 0.1) is 5.71 Å². The monoisotopic (exact) mass is 411 g/mol. The van der Waals surface area contributed by atoms with Gasteiger partial charge in [0.15, 0.2) is 11.9 Å². The zero-order valence-corrected chi connectivity index (χ0v) is 16.3. The second kappa shape index (κ2) is 7.83. The molecule has 1 aliphatic rings. The van der Waals surface area contributed by atoms with Gasteiger partial charge in [-0.3, -0.25) is 14.6 Å². The Bertz CT molecular complexity index is 1340. The molecule has 8 nitrogen and oxygen atoms in total. The average Bonchev–Trinajstić information content (AvgIpc) is 3.21. The Labute approximate surface area is 176 Å². The maximum atomic E-state index is 13.0. The molecule has 0 saturated carbocycles. The van der Waals surface area contributed by atoms with E-state index in [1.54, 1.807) is 6.07 Å². The molecule has 0 spiro atoms. The molecule has 2 aromatic carbocycles. The van der Waals surface area contributed by atoms with Gasteiger partial charge in [0.1, 0.15) is 0 Å². The molecule has 0 bridgehead atoms. The molecule has 5 rings (SSSR count). The maximum Gasteiger partial charge on any atom is 0.317 e. The number of ketones is 1. The molecule has 0 amide bonds. The number of pyridine rings is 1. The lowest BCUT2D eigenvalue weighted by Crippen LogP contribution is -2.29. The molecule has 0 unspecified atom stereocenters. The Balaban J connectivity index is 1.51. The molecule has 1 atom stereocenters. The number of hydrogen-bond donors (Lipinski definition) is 2. The van der Waals surface area contributed by atoms with Gasteiger partial charge in [0.25, 0.3) is 0 Å². The van der Waals surface area contributed by atoms with Gasteiger partial charge in [-0.15, -0.1) is 5.10 Å². The largest absolute Gasteiger partial charge is 0.403 e. The van der Waals surface area contributed by atoms with Crippen molar-refractivity contribution < 1.29 is 9.21 Å². The summed E-state index contributed by atoms with van der Waals surface area (Å²) in [5, 5.41) is 10.9. The van der Waals surface area contributed by atoms with E-state index in [-0.39, 0.29) is 29.7 Å². The minimum Gasteiger partial charge on any atom is -0.403 e. The first-order valence-corrected chi connectivity index (χ1v) is 9.71. The van der Waals surface area contributed by atoms with Gasteiger partial charge in [-0.1, -0.05) is 59.7 Å². The van der Waals surface area contributed by atoms with Crippen molar-refractivity contribution in [3.05, 3.63) is 100.0 Å². The predicted molar refractivity (Wildman–Crippen MR) is 115 cm³/mol. The lowest BCUT2D eigenvalue weighted by atomic mass is 9.96. The minimum atomic E-state index is -0.893. The highest BCUT2D eigenvalue weighted by Crippen LogP contribution is 2.23. The van der Waals surface area contributed by atoms with Crippen LogP contribution in [0.5, 0.6) is 0 Å². The Hall–Kier alpha value is -4.33. The number of aliphatic imine (C=N–C) groups is 1. The van der Waals surface area contributed by atoms with Crippen LogP contribution >= 0.6 is 0 Å². The lowest BCUT2D eigenvalue weighted by molar-refractivity contribution is -0.119. The fourth-order valence-corrected chi connectivity index (χ4v) is 3.49. The van der Waals surface area contributed by atoms with Crippen molar-refractivity contribution in [2.45, 2.75) is 12.6 Å². The molecular weight excluding hydrogens is 394 g/mol. The van der Waals surface area contributed by atoms with Crippen LogP contribution < -0.4 is 10.9 Å². The van der Waals surface area contributed by atoms with Crippen LogP contribution in [-0.2, 0) is 11.2 Å². The van der Waals surface area contributed by atoms with Gasteiger partial charge in [-0.05, 0) is 11.6 Å². The van der Waals surface area contributed by atoms with Crippen LogP contribution in [0.1, 0.15) is 16.7 Å². The molecule has 3 heterocycles. The lowest BCUT2D eigenvalue weighted by Gasteiger charge is -2.11. The third kappa shape index (κ3) is 3.78. The number of carbonyl (C=O) groups excluding carboxylic acids is 1. The first kappa shape index (κ1) is 18.7. The summed E-state index contributed by atoms with van der Waals surface area (Å²) in [6.07, 6.45) is 0.829. The summed E-state index contributed by atoms with van der Waals surface area (Å²) < 4.78 is 5.63. The second-order valence-electron chi connectivity index (χ2n) is 7.04. The van der Waals surface area contributed by atoms with E-state index in [1.807, 2.05) is 54.6 Å². The zero-order valence-electron chi connectivity index (χ0n) is 16.3. The number of H-pyrrole nitrogens is 1. The van der Waals surface area contributed by atoms with Crippen molar-refractivity contribution in [3.8, 4) is 11.5 Å². The van der Waals surface area contributed by atoms with E-state index in [0.29, 0.717) is 11.3 Å². The van der Waals surface area contributed by atoms with E-state index in [1.165, 1.54) is 12.3 Å². The average molecular weight is 411 g/mol. The Kier molecular flexibility index (Phi) is 4.72. The van der Waals surface area contributed by atoms with Crippen LogP contribution in [0.25, 0.3) is 11.5 Å². The topological polar surface area (TPSA) is 113 Å². The van der Waals surface area contributed by atoms with Crippen LogP contribution in [-0.4, -0.2) is 32.8 Å². The van der Waals surface area contributed by atoms with Crippen LogP contribution in [0.15, 0.2) is 87.1 Å². The highest BCUT2D eigenvalue weighted by molar-refractivity contribution is 6.16. The molecule has 152 valence electrons. The van der Waals surface area contributed by atoms with E-state index in [9.17, 15) is 9.59 Å². The second-order valence-corrected chi connectivity index (χ2v) is 7.04. The van der Waals surface area contributed by atoms with E-state index >= 15 is 0 Å². The molecule has 0 saturated heterocycles. The summed E-state index contributed by atoms with van der Waals surface area (Å²) in [5.74, 6) is 0.0551. The fraction of sp³-hybridized carbons (Fsp3) is 0.0870. The van der Waals surface area contributed by atoms with Crippen molar-refractivity contribution in [1.29, 1.82) is 0 Å². The number of fused-ring (bicyclic) bond motifs is 1. The molecular formula is C23H17N5O3. The summed E-state index contributed by atoms with van der Waals surface area (Å²) in [6, 6.07) is 20.5. The van der Waals surface area contributed by atoms with Crippen molar-refractivity contribution in [3.63, 3.8) is 0 Å². The Morgan fingerprint density at radius 2 is 1.74 bits per heavy atom. The SMILES string of the molecule is O=C1Cc2ccccc2C(c2ccccc2)=N[C@@H]1Nc1nnc(-c2cc[nH]c(=O)c2)o1. The molecule has 2 N–H and O–H groups in total. The zero-order chi connectivity index (χ0) is 21.2. The highest BCUT2D eigenvalue weighted by Gasteiger charge is 2.27. The third-order valence-electron chi connectivity index (χ3n) is 4.95. The third-order valence-corrected chi connectivity index (χ3v) is 4.95. The van der Waals surface area contributed by atoms with E-state index in [4.69, 9.17) is 9.41 Å². The summed E-state index contributed by atoms with van der Waals surface area (Å²) >= 11 is 0. The fourth-order valence-electron chi connectivity index (χ4n) is 3.49. The van der Waals surface area contributed by atoms with Crippen LogP contribution in [0.2, 0.25) is 0 Å². The van der Waals surface area contributed by atoms with E-state index < -0.39 is 6.17 Å². The summed E-state index contributed by atoms with van der Waals surface area (Å²) in [6.45, 7) is 0. The number of anilines is 1. The van der Waals surface area contributed by atoms with E-state index in [0.717, 1.165) is 16.7 Å². The summed E-state index contributed by atoms with van der Waals surface area (Å²) in [4.78, 5) is 31.8.